The van der Waals surface area contributed by atoms with Crippen LogP contribution in [-0.2, 0) is 4.79 Å². The standard InChI is InChI=1S/C9H12ClF3O/c10-5-8(14)6-2-1-3-7(4-6)9(11,12)13/h6-7H,1-5H2/t6-,7+/m0/s1. The number of ketones is 1. The van der Waals surface area contributed by atoms with Crippen molar-refractivity contribution in [1.82, 2.24) is 0 Å². The molecule has 1 aliphatic carbocycles. The summed E-state index contributed by atoms with van der Waals surface area (Å²) in [5.74, 6) is -2.21. The Morgan fingerprint density at radius 3 is 2.50 bits per heavy atom. The van der Waals surface area contributed by atoms with Crippen molar-refractivity contribution < 1.29 is 18.0 Å². The van der Waals surface area contributed by atoms with E-state index < -0.39 is 18.0 Å². The number of hydrogen-bond donors (Lipinski definition) is 0. The number of carbonyl (C=O) groups excluding carboxylic acids is 1. The van der Waals surface area contributed by atoms with Crippen molar-refractivity contribution in [3.8, 4) is 0 Å². The lowest BCUT2D eigenvalue weighted by Crippen LogP contribution is -2.32. The Morgan fingerprint density at radius 1 is 1.36 bits per heavy atom. The Labute approximate surface area is 85.6 Å². The molecule has 0 amide bonds. The summed E-state index contributed by atoms with van der Waals surface area (Å²) in [5.41, 5.74) is 0. The number of hydrogen-bond acceptors (Lipinski definition) is 1. The molecule has 14 heavy (non-hydrogen) atoms. The topological polar surface area (TPSA) is 17.1 Å². The van der Waals surface area contributed by atoms with Gasteiger partial charge in [0.05, 0.1) is 11.8 Å². The highest BCUT2D eigenvalue weighted by Crippen LogP contribution is 2.40. The molecular weight excluding hydrogens is 217 g/mol. The summed E-state index contributed by atoms with van der Waals surface area (Å²) >= 11 is 5.32. The summed E-state index contributed by atoms with van der Waals surface area (Å²) in [5, 5.41) is 0. The third-order valence-electron chi connectivity index (χ3n) is 2.72. The first kappa shape index (κ1) is 11.8. The fourth-order valence-corrected chi connectivity index (χ4v) is 2.11. The molecule has 82 valence electrons. The van der Waals surface area contributed by atoms with E-state index in [0.29, 0.717) is 12.8 Å². The lowest BCUT2D eigenvalue weighted by Gasteiger charge is -2.29. The monoisotopic (exact) mass is 228 g/mol. The number of alkyl halides is 4. The Hall–Kier alpha value is -0.250. The molecule has 0 aromatic rings. The van der Waals surface area contributed by atoms with Gasteiger partial charge in [-0.25, -0.2) is 0 Å². The summed E-state index contributed by atoms with van der Waals surface area (Å²) < 4.78 is 37.0. The maximum Gasteiger partial charge on any atom is 0.391 e. The van der Waals surface area contributed by atoms with E-state index in [-0.39, 0.29) is 24.5 Å². The minimum Gasteiger partial charge on any atom is -0.298 e. The van der Waals surface area contributed by atoms with Gasteiger partial charge < -0.3 is 0 Å². The third kappa shape index (κ3) is 2.87. The quantitative estimate of drug-likeness (QED) is 0.664. The van der Waals surface area contributed by atoms with Crippen molar-refractivity contribution in [3.05, 3.63) is 0 Å². The van der Waals surface area contributed by atoms with Gasteiger partial charge in [0.1, 0.15) is 0 Å². The van der Waals surface area contributed by atoms with Crippen LogP contribution in [0.2, 0.25) is 0 Å². The van der Waals surface area contributed by atoms with Crippen molar-refractivity contribution >= 4 is 17.4 Å². The molecule has 2 atom stereocenters. The zero-order valence-electron chi connectivity index (χ0n) is 7.61. The molecule has 0 bridgehead atoms. The van der Waals surface area contributed by atoms with Crippen molar-refractivity contribution in [2.24, 2.45) is 11.8 Å². The minimum absolute atomic E-state index is 0.0744. The number of Topliss-reactive ketones (excluding diaryl/α,β-unsaturated/α-hetero) is 1. The lowest BCUT2D eigenvalue weighted by molar-refractivity contribution is -0.185. The van der Waals surface area contributed by atoms with Crippen LogP contribution in [0.4, 0.5) is 13.2 Å². The van der Waals surface area contributed by atoms with Crippen LogP contribution in [0, 0.1) is 11.8 Å². The van der Waals surface area contributed by atoms with Crippen molar-refractivity contribution in [1.29, 1.82) is 0 Å². The number of carbonyl (C=O) groups is 1. The Bertz CT molecular complexity index is 215. The van der Waals surface area contributed by atoms with E-state index in [0.717, 1.165) is 0 Å². The molecular formula is C9H12ClF3O. The molecule has 1 aliphatic rings. The Kier molecular flexibility index (Phi) is 3.81. The zero-order chi connectivity index (χ0) is 10.8. The SMILES string of the molecule is O=C(CCl)[C@H]1CCC[C@@H](C(F)(F)F)C1. The van der Waals surface area contributed by atoms with Gasteiger partial charge in [0, 0.05) is 5.92 Å². The number of halogens is 4. The summed E-state index contributed by atoms with van der Waals surface area (Å²) in [7, 11) is 0. The maximum atomic E-state index is 12.3. The van der Waals surface area contributed by atoms with Crippen LogP contribution in [-0.4, -0.2) is 17.8 Å². The Balaban J connectivity index is 2.56. The summed E-state index contributed by atoms with van der Waals surface area (Å²) in [6, 6.07) is 0. The second-order valence-electron chi connectivity index (χ2n) is 3.70. The summed E-state index contributed by atoms with van der Waals surface area (Å²) in [6.07, 6.45) is -3.06. The van der Waals surface area contributed by atoms with Crippen LogP contribution in [0.15, 0.2) is 0 Å². The predicted molar refractivity (Wildman–Crippen MR) is 47.2 cm³/mol. The van der Waals surface area contributed by atoms with E-state index in [4.69, 9.17) is 11.6 Å². The molecule has 5 heteroatoms. The maximum absolute atomic E-state index is 12.3. The molecule has 0 radical (unpaired) electrons. The van der Waals surface area contributed by atoms with Gasteiger partial charge in [0.25, 0.3) is 0 Å². The molecule has 1 rings (SSSR count). The molecule has 0 unspecified atom stereocenters. The highest BCUT2D eigenvalue weighted by molar-refractivity contribution is 6.27. The molecule has 0 N–H and O–H groups in total. The van der Waals surface area contributed by atoms with E-state index in [1.54, 1.807) is 0 Å². The lowest BCUT2D eigenvalue weighted by atomic mass is 9.79. The molecule has 0 saturated heterocycles. The fourth-order valence-electron chi connectivity index (χ4n) is 1.89. The van der Waals surface area contributed by atoms with Crippen LogP contribution in [0.3, 0.4) is 0 Å². The average Bonchev–Trinajstić information content (AvgIpc) is 2.15. The summed E-state index contributed by atoms with van der Waals surface area (Å²) in [4.78, 5) is 11.1. The van der Waals surface area contributed by atoms with Crippen molar-refractivity contribution in [2.75, 3.05) is 5.88 Å². The molecule has 0 aromatic carbocycles. The smallest absolute Gasteiger partial charge is 0.298 e. The van der Waals surface area contributed by atoms with Crippen LogP contribution in [0.1, 0.15) is 25.7 Å². The molecule has 0 aliphatic heterocycles. The normalized spacial score (nSPS) is 28.9. The fraction of sp³-hybridized carbons (Fsp3) is 0.889. The molecule has 0 spiro atoms. The summed E-state index contributed by atoms with van der Waals surface area (Å²) in [6.45, 7) is 0. The Morgan fingerprint density at radius 2 is 2.00 bits per heavy atom. The highest BCUT2D eigenvalue weighted by Gasteiger charge is 2.43. The van der Waals surface area contributed by atoms with Gasteiger partial charge in [-0.1, -0.05) is 6.42 Å². The molecule has 1 fully saturated rings. The molecule has 1 saturated carbocycles. The zero-order valence-corrected chi connectivity index (χ0v) is 8.37. The van der Waals surface area contributed by atoms with E-state index >= 15 is 0 Å². The average molecular weight is 229 g/mol. The van der Waals surface area contributed by atoms with Crippen molar-refractivity contribution in [2.45, 2.75) is 31.9 Å². The van der Waals surface area contributed by atoms with Gasteiger partial charge in [-0.3, -0.25) is 4.79 Å². The third-order valence-corrected chi connectivity index (χ3v) is 2.99. The van der Waals surface area contributed by atoms with Crippen LogP contribution < -0.4 is 0 Å². The van der Waals surface area contributed by atoms with E-state index in [9.17, 15) is 18.0 Å². The predicted octanol–water partition coefficient (Wildman–Crippen LogP) is 3.16. The van der Waals surface area contributed by atoms with Gasteiger partial charge >= 0.3 is 6.18 Å². The largest absolute Gasteiger partial charge is 0.391 e. The van der Waals surface area contributed by atoms with Crippen LogP contribution >= 0.6 is 11.6 Å². The first-order valence-electron chi connectivity index (χ1n) is 4.60. The molecule has 0 aromatic heterocycles. The van der Waals surface area contributed by atoms with E-state index in [1.807, 2.05) is 0 Å². The van der Waals surface area contributed by atoms with Gasteiger partial charge in [0.15, 0.2) is 5.78 Å². The van der Waals surface area contributed by atoms with Gasteiger partial charge in [-0.15, -0.1) is 11.6 Å². The van der Waals surface area contributed by atoms with Crippen molar-refractivity contribution in [3.63, 3.8) is 0 Å². The van der Waals surface area contributed by atoms with Crippen LogP contribution in [0.25, 0.3) is 0 Å². The highest BCUT2D eigenvalue weighted by atomic mass is 35.5. The first-order valence-corrected chi connectivity index (χ1v) is 5.14. The second kappa shape index (κ2) is 4.51. The van der Waals surface area contributed by atoms with Gasteiger partial charge in [-0.05, 0) is 19.3 Å². The second-order valence-corrected chi connectivity index (χ2v) is 3.97. The minimum atomic E-state index is -4.16. The van der Waals surface area contributed by atoms with Crippen LogP contribution in [0.5, 0.6) is 0 Å². The first-order chi connectivity index (χ1) is 6.45. The molecule has 0 heterocycles. The van der Waals surface area contributed by atoms with E-state index in [1.165, 1.54) is 0 Å². The molecule has 1 nitrogen and oxygen atoms in total. The van der Waals surface area contributed by atoms with Gasteiger partial charge in [0.2, 0.25) is 0 Å². The number of rotatable bonds is 2. The van der Waals surface area contributed by atoms with E-state index in [2.05, 4.69) is 0 Å². The van der Waals surface area contributed by atoms with Gasteiger partial charge in [-0.2, -0.15) is 13.2 Å².